The Labute approximate surface area is 230 Å². The molecule has 12 heteroatoms. The van der Waals surface area contributed by atoms with Crippen molar-refractivity contribution in [3.8, 4) is 16.9 Å². The van der Waals surface area contributed by atoms with E-state index >= 15 is 4.39 Å². The van der Waals surface area contributed by atoms with Crippen LogP contribution in [-0.2, 0) is 4.79 Å². The Morgan fingerprint density at radius 3 is 2.54 bits per heavy atom. The molecule has 2 N–H and O–H groups in total. The highest BCUT2D eigenvalue weighted by atomic mass is 19.4. The van der Waals surface area contributed by atoms with Gasteiger partial charge in [-0.15, -0.1) is 0 Å². The summed E-state index contributed by atoms with van der Waals surface area (Å²) in [6.45, 7) is -0.256. The summed E-state index contributed by atoms with van der Waals surface area (Å²) in [5.74, 6) is -5.32. The van der Waals surface area contributed by atoms with Crippen LogP contribution in [0.2, 0.25) is 0 Å². The van der Waals surface area contributed by atoms with Crippen molar-refractivity contribution < 1.29 is 37.0 Å². The number of nitrogens with zero attached hydrogens (tertiary/aromatic N) is 4. The highest BCUT2D eigenvalue weighted by Gasteiger charge is 2.54. The van der Waals surface area contributed by atoms with Crippen LogP contribution in [0.25, 0.3) is 16.9 Å². The van der Waals surface area contributed by atoms with E-state index in [1.807, 2.05) is 0 Å². The second-order valence-corrected chi connectivity index (χ2v) is 10.5. The first-order chi connectivity index (χ1) is 19.6. The van der Waals surface area contributed by atoms with Crippen LogP contribution in [-0.4, -0.2) is 60.6 Å². The minimum Gasteiger partial charge on any atom is -0.507 e. The molecule has 41 heavy (non-hydrogen) atoms. The lowest BCUT2D eigenvalue weighted by Crippen LogP contribution is -2.67. The molecule has 7 rings (SSSR count). The number of amides is 1. The van der Waals surface area contributed by atoms with E-state index in [9.17, 15) is 32.6 Å². The van der Waals surface area contributed by atoms with E-state index in [4.69, 9.17) is 0 Å². The number of aromatic nitrogens is 1. The van der Waals surface area contributed by atoms with E-state index in [1.165, 1.54) is 33.3 Å². The molecule has 2 unspecified atom stereocenters. The number of carbonyl (C=O) groups is 1. The molecular formula is C29H23F5N4O3. The zero-order valence-corrected chi connectivity index (χ0v) is 21.3. The van der Waals surface area contributed by atoms with Gasteiger partial charge in [-0.2, -0.15) is 18.2 Å². The van der Waals surface area contributed by atoms with E-state index in [-0.39, 0.29) is 29.8 Å². The number of aliphatic hydroxyl groups is 2. The molecule has 0 bridgehead atoms. The Morgan fingerprint density at radius 1 is 0.976 bits per heavy atom. The molecule has 4 aliphatic heterocycles. The van der Waals surface area contributed by atoms with E-state index in [0.717, 1.165) is 6.07 Å². The minimum absolute atomic E-state index is 0.0707. The number of hydrogen-bond donors (Lipinski definition) is 2. The van der Waals surface area contributed by atoms with E-state index in [0.29, 0.717) is 16.9 Å². The van der Waals surface area contributed by atoms with Crippen LogP contribution in [0.3, 0.4) is 0 Å². The molecule has 2 fully saturated rings. The number of halogens is 5. The van der Waals surface area contributed by atoms with Crippen molar-refractivity contribution in [3.63, 3.8) is 0 Å². The third-order valence-electron chi connectivity index (χ3n) is 8.40. The fourth-order valence-corrected chi connectivity index (χ4v) is 6.53. The Hall–Kier alpha value is -4.16. The van der Waals surface area contributed by atoms with Gasteiger partial charge in [0.1, 0.15) is 12.3 Å². The fourth-order valence-electron chi connectivity index (χ4n) is 6.53. The normalized spacial score (nSPS) is 25.8. The largest absolute Gasteiger partial charge is 0.507 e. The lowest BCUT2D eigenvalue weighted by atomic mass is 9.88. The van der Waals surface area contributed by atoms with Crippen LogP contribution in [0.15, 0.2) is 78.5 Å². The number of hydrazine groups is 1. The van der Waals surface area contributed by atoms with Gasteiger partial charge in [-0.25, -0.2) is 8.78 Å². The highest BCUT2D eigenvalue weighted by molar-refractivity contribution is 5.95. The summed E-state index contributed by atoms with van der Waals surface area (Å²) >= 11 is 0. The Kier molecular flexibility index (Phi) is 5.61. The van der Waals surface area contributed by atoms with Gasteiger partial charge in [0.15, 0.2) is 23.1 Å². The lowest BCUT2D eigenvalue weighted by molar-refractivity contribution is -0.219. The molecular weight excluding hydrogens is 547 g/mol. The van der Waals surface area contributed by atoms with Crippen LogP contribution < -0.4 is 0 Å². The zero-order valence-electron chi connectivity index (χ0n) is 21.3. The monoisotopic (exact) mass is 570 g/mol. The van der Waals surface area contributed by atoms with E-state index in [2.05, 4.69) is 0 Å². The molecule has 4 aliphatic rings. The first-order valence-electron chi connectivity index (χ1n) is 13.1. The molecule has 2 aromatic carbocycles. The van der Waals surface area contributed by atoms with Gasteiger partial charge in [0.25, 0.3) is 5.91 Å². The maximum atomic E-state index is 15.7. The molecule has 0 radical (unpaired) electrons. The summed E-state index contributed by atoms with van der Waals surface area (Å²) in [4.78, 5) is 14.9. The number of rotatable bonds is 1. The maximum absolute atomic E-state index is 15.7. The van der Waals surface area contributed by atoms with Gasteiger partial charge < -0.3 is 19.7 Å². The Balaban J connectivity index is 1.52. The fraction of sp³-hybridized carbons (Fsp3) is 0.276. The predicted octanol–water partition coefficient (Wildman–Crippen LogP) is 5.14. The summed E-state index contributed by atoms with van der Waals surface area (Å²) < 4.78 is 74.3. The number of benzene rings is 2. The van der Waals surface area contributed by atoms with Gasteiger partial charge in [-0.05, 0) is 54.3 Å². The molecule has 3 aromatic rings. The quantitative estimate of drug-likeness (QED) is 0.397. The average molecular weight is 571 g/mol. The van der Waals surface area contributed by atoms with Crippen LogP contribution in [0, 0.1) is 17.6 Å². The summed E-state index contributed by atoms with van der Waals surface area (Å²) in [7, 11) is 0. The van der Waals surface area contributed by atoms with Crippen molar-refractivity contribution in [1.82, 2.24) is 19.5 Å². The molecule has 1 aromatic heterocycles. The van der Waals surface area contributed by atoms with Crippen molar-refractivity contribution in [2.75, 3.05) is 6.54 Å². The SMILES string of the molecule is O=C1C2=C(O)C(O)C=CN2N([C@@H]2c3ccccc3-n3cccc3-c3c2ccc(F)c3F)[C@@H]2CC(C(F)(F)F)CCN12. The number of alkyl halides is 3. The topological polar surface area (TPSA) is 72.2 Å². The number of carbonyl (C=O) groups excluding carboxylic acids is 1. The van der Waals surface area contributed by atoms with Crippen LogP contribution >= 0.6 is 0 Å². The van der Waals surface area contributed by atoms with Gasteiger partial charge >= 0.3 is 6.18 Å². The summed E-state index contributed by atoms with van der Waals surface area (Å²) in [6.07, 6.45) is -3.81. The summed E-state index contributed by atoms with van der Waals surface area (Å²) in [5.41, 5.74) is 1.35. The molecule has 0 saturated carbocycles. The minimum atomic E-state index is -4.53. The van der Waals surface area contributed by atoms with Gasteiger partial charge in [0.05, 0.1) is 23.3 Å². The second-order valence-electron chi connectivity index (χ2n) is 10.5. The smallest absolute Gasteiger partial charge is 0.392 e. The van der Waals surface area contributed by atoms with Crippen molar-refractivity contribution in [3.05, 3.63) is 101 Å². The molecule has 5 heterocycles. The van der Waals surface area contributed by atoms with Gasteiger partial charge in [-0.3, -0.25) is 9.80 Å². The van der Waals surface area contributed by atoms with Gasteiger partial charge in [-0.1, -0.05) is 24.3 Å². The summed E-state index contributed by atoms with van der Waals surface area (Å²) in [6, 6.07) is 11.6. The van der Waals surface area contributed by atoms with E-state index in [1.54, 1.807) is 47.2 Å². The first-order valence-corrected chi connectivity index (χ1v) is 13.1. The number of piperidine rings is 1. The molecule has 7 nitrogen and oxygen atoms in total. The molecule has 0 aliphatic carbocycles. The number of fused-ring (bicyclic) bond motifs is 7. The van der Waals surface area contributed by atoms with Crippen molar-refractivity contribution in [2.45, 2.75) is 37.3 Å². The van der Waals surface area contributed by atoms with Gasteiger partial charge in [0, 0.05) is 24.5 Å². The maximum Gasteiger partial charge on any atom is 0.392 e. The first kappa shape index (κ1) is 25.8. The third-order valence-corrected chi connectivity index (χ3v) is 8.40. The molecule has 212 valence electrons. The Bertz CT molecular complexity index is 1650. The average Bonchev–Trinajstić information content (AvgIpc) is 3.39. The molecule has 2 saturated heterocycles. The molecule has 1 amide bonds. The van der Waals surface area contributed by atoms with Crippen molar-refractivity contribution in [1.29, 1.82) is 0 Å². The number of para-hydroxylation sites is 1. The molecule has 0 spiro atoms. The van der Waals surface area contributed by atoms with Crippen molar-refractivity contribution >= 4 is 5.91 Å². The number of aliphatic hydroxyl groups excluding tert-OH is 2. The standard InChI is InChI=1S/C29H23F5N4O3/c30-18-8-7-17-23(24(18)31)20-6-3-11-35(20)19-5-2-1-4-16(19)25(17)38-22-14-15(29(32,33)34)9-12-36(22)28(41)26-27(40)21(39)10-13-37(26)38/h1-8,10-11,13,15,21-22,25,39-40H,9,12,14H2/t15?,21?,22-,25-/m1/s1. The molecule has 4 atom stereocenters. The zero-order chi connectivity index (χ0) is 28.8. The van der Waals surface area contributed by atoms with Crippen LogP contribution in [0.1, 0.15) is 30.0 Å². The Morgan fingerprint density at radius 2 is 1.76 bits per heavy atom. The lowest BCUT2D eigenvalue weighted by Gasteiger charge is -2.56. The van der Waals surface area contributed by atoms with Crippen molar-refractivity contribution in [2.24, 2.45) is 5.92 Å². The number of hydrogen-bond acceptors (Lipinski definition) is 5. The van der Waals surface area contributed by atoms with Gasteiger partial charge in [0.2, 0.25) is 0 Å². The third kappa shape index (κ3) is 3.66. The highest BCUT2D eigenvalue weighted by Crippen LogP contribution is 2.50. The van der Waals surface area contributed by atoms with Crippen LogP contribution in [0.5, 0.6) is 0 Å². The van der Waals surface area contributed by atoms with E-state index < -0.39 is 60.1 Å². The van der Waals surface area contributed by atoms with Crippen LogP contribution in [0.4, 0.5) is 22.0 Å². The second kappa shape index (κ2) is 8.92. The summed E-state index contributed by atoms with van der Waals surface area (Å²) in [5, 5.41) is 23.9. The predicted molar refractivity (Wildman–Crippen MR) is 136 cm³/mol.